The van der Waals surface area contributed by atoms with Gasteiger partial charge in [0.2, 0.25) is 6.79 Å². The number of nitro groups is 1. The first-order chi connectivity index (χ1) is 14.5. The number of nitro benzene ring substituents is 1. The van der Waals surface area contributed by atoms with Crippen LogP contribution in [-0.4, -0.2) is 23.5 Å². The molecule has 0 unspecified atom stereocenters. The number of nitrogens with zero attached hydrogens (tertiary/aromatic N) is 1. The lowest BCUT2D eigenvalue weighted by Gasteiger charge is -2.12. The van der Waals surface area contributed by atoms with Gasteiger partial charge in [-0.25, -0.2) is 0 Å². The highest BCUT2D eigenvalue weighted by atomic mass is 16.7. The number of non-ortho nitro benzene ring substituents is 1. The Kier molecular flexibility index (Phi) is 5.00. The van der Waals surface area contributed by atoms with Gasteiger partial charge in [0.05, 0.1) is 16.2 Å². The van der Waals surface area contributed by atoms with Crippen LogP contribution in [0.2, 0.25) is 0 Å². The number of ether oxygens (including phenoxy) is 2. The molecular formula is C21H15N3O6. The predicted octanol–water partition coefficient (Wildman–Crippen LogP) is 3.83. The predicted molar refractivity (Wildman–Crippen MR) is 108 cm³/mol. The lowest BCUT2D eigenvalue weighted by atomic mass is 10.1. The summed E-state index contributed by atoms with van der Waals surface area (Å²) in [5.41, 5.74) is 1.19. The molecular weight excluding hydrogens is 390 g/mol. The maximum atomic E-state index is 12.8. The number of fused-ring (bicyclic) bond motifs is 1. The van der Waals surface area contributed by atoms with E-state index in [0.29, 0.717) is 22.9 Å². The molecule has 2 N–H and O–H groups in total. The summed E-state index contributed by atoms with van der Waals surface area (Å²) >= 11 is 0. The second-order valence-electron chi connectivity index (χ2n) is 6.33. The summed E-state index contributed by atoms with van der Waals surface area (Å²) in [6.07, 6.45) is 0. The smallest absolute Gasteiger partial charge is 0.269 e. The molecule has 9 nitrogen and oxygen atoms in total. The van der Waals surface area contributed by atoms with Crippen LogP contribution in [-0.2, 0) is 0 Å². The van der Waals surface area contributed by atoms with Gasteiger partial charge in [-0.1, -0.05) is 12.1 Å². The number of para-hydroxylation sites is 1. The van der Waals surface area contributed by atoms with Crippen molar-refractivity contribution in [2.75, 3.05) is 17.4 Å². The number of benzene rings is 3. The highest BCUT2D eigenvalue weighted by Gasteiger charge is 2.17. The summed E-state index contributed by atoms with van der Waals surface area (Å²) in [7, 11) is 0. The van der Waals surface area contributed by atoms with Crippen LogP contribution in [0.5, 0.6) is 11.5 Å². The minimum Gasteiger partial charge on any atom is -0.454 e. The number of amides is 2. The van der Waals surface area contributed by atoms with Crippen molar-refractivity contribution >= 4 is 28.9 Å². The summed E-state index contributed by atoms with van der Waals surface area (Å²) in [6.45, 7) is 0.129. The first kappa shape index (κ1) is 18.9. The van der Waals surface area contributed by atoms with E-state index in [0.717, 1.165) is 0 Å². The molecule has 30 heavy (non-hydrogen) atoms. The molecule has 0 spiro atoms. The molecule has 0 bridgehead atoms. The normalized spacial score (nSPS) is 11.6. The Morgan fingerprint density at radius 1 is 0.867 bits per heavy atom. The molecule has 0 fully saturated rings. The topological polar surface area (TPSA) is 120 Å². The largest absolute Gasteiger partial charge is 0.454 e. The van der Waals surface area contributed by atoms with Crippen LogP contribution < -0.4 is 20.1 Å². The van der Waals surface area contributed by atoms with Gasteiger partial charge in [-0.3, -0.25) is 19.7 Å². The summed E-state index contributed by atoms with van der Waals surface area (Å²) in [4.78, 5) is 35.5. The Morgan fingerprint density at radius 3 is 2.37 bits per heavy atom. The lowest BCUT2D eigenvalue weighted by Crippen LogP contribution is -2.18. The zero-order valence-corrected chi connectivity index (χ0v) is 15.5. The molecule has 3 aromatic rings. The molecule has 0 saturated carbocycles. The number of carbonyl (C=O) groups excluding carboxylic acids is 2. The standard InChI is InChI=1S/C21H15N3O6/c25-20(13-5-8-15(9-6-13)24(27)28)23-17-4-2-1-3-16(17)21(26)22-14-7-10-18-19(11-14)30-12-29-18/h1-11H,12H2,(H,22,26)(H,23,25). The van der Waals surface area contributed by atoms with Crippen LogP contribution in [0.25, 0.3) is 0 Å². The van der Waals surface area contributed by atoms with Crippen LogP contribution in [0.4, 0.5) is 17.1 Å². The monoisotopic (exact) mass is 405 g/mol. The molecule has 3 aromatic carbocycles. The van der Waals surface area contributed by atoms with Crippen LogP contribution in [0.3, 0.4) is 0 Å². The molecule has 0 radical (unpaired) electrons. The zero-order chi connectivity index (χ0) is 21.1. The lowest BCUT2D eigenvalue weighted by molar-refractivity contribution is -0.384. The van der Waals surface area contributed by atoms with Gasteiger partial charge >= 0.3 is 0 Å². The molecule has 1 heterocycles. The fraction of sp³-hybridized carbons (Fsp3) is 0.0476. The zero-order valence-electron chi connectivity index (χ0n) is 15.5. The van der Waals surface area contributed by atoms with Crippen LogP contribution in [0.15, 0.2) is 66.7 Å². The average Bonchev–Trinajstić information content (AvgIpc) is 3.22. The van der Waals surface area contributed by atoms with Gasteiger partial charge in [0, 0.05) is 29.4 Å². The third-order valence-electron chi connectivity index (χ3n) is 4.39. The molecule has 2 amide bonds. The first-order valence-electron chi connectivity index (χ1n) is 8.87. The molecule has 1 aliphatic rings. The Hall–Kier alpha value is -4.40. The van der Waals surface area contributed by atoms with E-state index in [9.17, 15) is 19.7 Å². The fourth-order valence-corrected chi connectivity index (χ4v) is 2.89. The minimum atomic E-state index is -0.544. The Bertz CT molecular complexity index is 1140. The van der Waals surface area contributed by atoms with Gasteiger partial charge in [0.25, 0.3) is 17.5 Å². The number of nitrogens with one attached hydrogen (secondary N) is 2. The third kappa shape index (κ3) is 3.90. The number of hydrogen-bond acceptors (Lipinski definition) is 6. The van der Waals surface area contributed by atoms with Gasteiger partial charge in [0.1, 0.15) is 0 Å². The Labute approximate surface area is 170 Å². The second kappa shape index (κ2) is 7.92. The van der Waals surface area contributed by atoms with Crippen LogP contribution >= 0.6 is 0 Å². The first-order valence-corrected chi connectivity index (χ1v) is 8.87. The fourth-order valence-electron chi connectivity index (χ4n) is 2.89. The van der Waals surface area contributed by atoms with Crippen molar-refractivity contribution in [1.82, 2.24) is 0 Å². The average molecular weight is 405 g/mol. The Morgan fingerprint density at radius 2 is 1.60 bits per heavy atom. The number of carbonyl (C=O) groups is 2. The van der Waals surface area contributed by atoms with E-state index in [4.69, 9.17) is 9.47 Å². The molecule has 4 rings (SSSR count). The van der Waals surface area contributed by atoms with Gasteiger partial charge < -0.3 is 20.1 Å². The van der Waals surface area contributed by atoms with Gasteiger partial charge in [-0.15, -0.1) is 0 Å². The van der Waals surface area contributed by atoms with Gasteiger partial charge in [-0.05, 0) is 36.4 Å². The van der Waals surface area contributed by atoms with Crippen molar-refractivity contribution in [2.24, 2.45) is 0 Å². The SMILES string of the molecule is O=C(Nc1ccccc1C(=O)Nc1ccc2c(c1)OCO2)c1ccc([N+](=O)[O-])cc1. The third-order valence-corrected chi connectivity index (χ3v) is 4.39. The second-order valence-corrected chi connectivity index (χ2v) is 6.33. The van der Waals surface area contributed by atoms with E-state index in [-0.39, 0.29) is 23.6 Å². The van der Waals surface area contributed by atoms with Gasteiger partial charge in [0.15, 0.2) is 11.5 Å². The molecule has 0 aromatic heterocycles. The van der Waals surface area contributed by atoms with E-state index in [1.165, 1.54) is 24.3 Å². The van der Waals surface area contributed by atoms with E-state index < -0.39 is 16.7 Å². The molecule has 1 aliphatic heterocycles. The number of anilines is 2. The number of rotatable bonds is 5. The van der Waals surface area contributed by atoms with Crippen molar-refractivity contribution < 1.29 is 24.0 Å². The maximum Gasteiger partial charge on any atom is 0.269 e. The quantitative estimate of drug-likeness (QED) is 0.492. The van der Waals surface area contributed by atoms with E-state index in [1.54, 1.807) is 42.5 Å². The van der Waals surface area contributed by atoms with Crippen LogP contribution in [0, 0.1) is 10.1 Å². The van der Waals surface area contributed by atoms with E-state index >= 15 is 0 Å². The van der Waals surface area contributed by atoms with Gasteiger partial charge in [-0.2, -0.15) is 0 Å². The van der Waals surface area contributed by atoms with Crippen molar-refractivity contribution in [3.05, 3.63) is 88.0 Å². The summed E-state index contributed by atoms with van der Waals surface area (Å²) in [5.74, 6) is 0.220. The summed E-state index contributed by atoms with van der Waals surface area (Å²) < 4.78 is 10.6. The highest BCUT2D eigenvalue weighted by molar-refractivity contribution is 6.12. The molecule has 0 aliphatic carbocycles. The molecule has 9 heteroatoms. The minimum absolute atomic E-state index is 0.116. The Balaban J connectivity index is 1.51. The molecule has 0 saturated heterocycles. The summed E-state index contributed by atoms with van der Waals surface area (Å²) in [6, 6.07) is 16.7. The van der Waals surface area contributed by atoms with Crippen LogP contribution in [0.1, 0.15) is 20.7 Å². The molecule has 0 atom stereocenters. The van der Waals surface area contributed by atoms with Crippen molar-refractivity contribution in [3.8, 4) is 11.5 Å². The van der Waals surface area contributed by atoms with Crippen molar-refractivity contribution in [3.63, 3.8) is 0 Å². The maximum absolute atomic E-state index is 12.8. The van der Waals surface area contributed by atoms with E-state index in [2.05, 4.69) is 10.6 Å². The summed E-state index contributed by atoms with van der Waals surface area (Å²) in [5, 5.41) is 16.2. The van der Waals surface area contributed by atoms with Crippen molar-refractivity contribution in [1.29, 1.82) is 0 Å². The number of hydrogen-bond donors (Lipinski definition) is 2. The van der Waals surface area contributed by atoms with E-state index in [1.807, 2.05) is 0 Å². The highest BCUT2D eigenvalue weighted by Crippen LogP contribution is 2.34. The van der Waals surface area contributed by atoms with Crippen molar-refractivity contribution in [2.45, 2.75) is 0 Å². The molecule has 150 valence electrons.